The molecule has 0 radical (unpaired) electrons. The average Bonchev–Trinajstić information content (AvgIpc) is 3.10. The maximum atomic E-state index is 13.0. The minimum absolute atomic E-state index is 0.306. The monoisotopic (exact) mass is 312 g/mol. The van der Waals surface area contributed by atoms with Crippen LogP contribution in [0.4, 0.5) is 26.3 Å². The fraction of sp³-hybridized carbons (Fsp3) is 0.462. The Labute approximate surface area is 115 Å². The van der Waals surface area contributed by atoms with Crippen LogP contribution in [0, 0.1) is 5.92 Å². The van der Waals surface area contributed by atoms with Gasteiger partial charge in [0.25, 0.3) is 0 Å². The lowest BCUT2D eigenvalue weighted by molar-refractivity contribution is -0.147. The molecule has 1 N–H and O–H groups in total. The molecule has 1 saturated carbocycles. The molecule has 1 aromatic rings. The Hall–Kier alpha value is -1.73. The summed E-state index contributed by atoms with van der Waals surface area (Å²) in [5.74, 6) is -4.15. The van der Waals surface area contributed by atoms with Gasteiger partial charge in [0.2, 0.25) is 0 Å². The average molecular weight is 312 g/mol. The van der Waals surface area contributed by atoms with Gasteiger partial charge in [-0.2, -0.15) is 26.3 Å². The number of hydrogen-bond acceptors (Lipinski definition) is 1. The van der Waals surface area contributed by atoms with Crippen LogP contribution in [0.5, 0.6) is 0 Å². The lowest BCUT2D eigenvalue weighted by atomic mass is 9.86. The minimum Gasteiger partial charge on any atom is -0.481 e. The summed E-state index contributed by atoms with van der Waals surface area (Å²) in [6, 6.07) is 1.62. The van der Waals surface area contributed by atoms with Gasteiger partial charge in [-0.25, -0.2) is 0 Å². The third-order valence-corrected chi connectivity index (χ3v) is 3.39. The lowest BCUT2D eigenvalue weighted by Crippen LogP contribution is -2.24. The Morgan fingerprint density at radius 2 is 1.48 bits per heavy atom. The summed E-state index contributed by atoms with van der Waals surface area (Å²) in [4.78, 5) is 11.2. The van der Waals surface area contributed by atoms with Crippen LogP contribution in [-0.4, -0.2) is 11.1 Å². The van der Waals surface area contributed by atoms with Gasteiger partial charge in [0.1, 0.15) is 0 Å². The second-order valence-corrected chi connectivity index (χ2v) is 4.92. The first-order valence-electron chi connectivity index (χ1n) is 6.03. The molecule has 1 aliphatic rings. The van der Waals surface area contributed by atoms with Gasteiger partial charge >= 0.3 is 18.3 Å². The first-order chi connectivity index (χ1) is 9.53. The highest BCUT2D eigenvalue weighted by Gasteiger charge is 2.48. The fourth-order valence-corrected chi connectivity index (χ4v) is 2.39. The van der Waals surface area contributed by atoms with E-state index in [1.54, 1.807) is 0 Å². The predicted octanol–water partition coefficient (Wildman–Crippen LogP) is 4.30. The summed E-state index contributed by atoms with van der Waals surface area (Å²) >= 11 is 0. The molecule has 8 heteroatoms. The van der Waals surface area contributed by atoms with Crippen LogP contribution in [0.2, 0.25) is 0 Å². The first-order valence-corrected chi connectivity index (χ1v) is 6.03. The summed E-state index contributed by atoms with van der Waals surface area (Å²) in [6.45, 7) is 0. The quantitative estimate of drug-likeness (QED) is 0.845. The third kappa shape index (κ3) is 3.14. The van der Waals surface area contributed by atoms with Crippen molar-refractivity contribution in [1.29, 1.82) is 0 Å². The second kappa shape index (κ2) is 4.92. The molecule has 0 amide bonds. The number of carboxylic acids is 1. The first kappa shape index (κ1) is 15.7. The molecule has 0 bridgehead atoms. The van der Waals surface area contributed by atoms with Crippen LogP contribution >= 0.6 is 0 Å². The molecular weight excluding hydrogens is 302 g/mol. The molecule has 0 spiro atoms. The van der Waals surface area contributed by atoms with Crippen molar-refractivity contribution in [3.05, 3.63) is 34.9 Å². The SMILES string of the molecule is O=C(O)C(c1c(C(F)(F)F)cccc1C(F)(F)F)C1CC1. The zero-order valence-corrected chi connectivity index (χ0v) is 10.4. The number of alkyl halides is 6. The highest BCUT2D eigenvalue weighted by molar-refractivity contribution is 5.78. The normalized spacial score (nSPS) is 17.6. The standard InChI is InChI=1S/C13H10F6O2/c14-12(15,16)7-2-1-3-8(13(17,18)19)10(7)9(11(20)21)6-4-5-6/h1-3,6,9H,4-5H2,(H,20,21). The molecule has 0 heterocycles. The number of benzene rings is 1. The van der Waals surface area contributed by atoms with Crippen LogP contribution < -0.4 is 0 Å². The number of halogens is 6. The summed E-state index contributed by atoms with van der Waals surface area (Å²) in [7, 11) is 0. The van der Waals surface area contributed by atoms with Gasteiger partial charge in [-0.3, -0.25) is 4.79 Å². The maximum Gasteiger partial charge on any atom is 0.416 e. The van der Waals surface area contributed by atoms with Crippen molar-refractivity contribution in [1.82, 2.24) is 0 Å². The van der Waals surface area contributed by atoms with Crippen LogP contribution in [0.25, 0.3) is 0 Å². The smallest absolute Gasteiger partial charge is 0.416 e. The van der Waals surface area contributed by atoms with Crippen molar-refractivity contribution >= 4 is 5.97 Å². The van der Waals surface area contributed by atoms with E-state index >= 15 is 0 Å². The highest BCUT2D eigenvalue weighted by Crippen LogP contribution is 2.50. The molecule has 1 aliphatic carbocycles. The van der Waals surface area contributed by atoms with E-state index in [2.05, 4.69) is 0 Å². The van der Waals surface area contributed by atoms with Gasteiger partial charge in [0, 0.05) is 0 Å². The van der Waals surface area contributed by atoms with Crippen molar-refractivity contribution in [2.24, 2.45) is 5.92 Å². The van der Waals surface area contributed by atoms with E-state index in [0.29, 0.717) is 31.0 Å². The Bertz CT molecular complexity index is 525. The number of carbonyl (C=O) groups is 1. The van der Waals surface area contributed by atoms with Gasteiger partial charge in [0.15, 0.2) is 0 Å². The summed E-state index contributed by atoms with van der Waals surface area (Å²) < 4.78 is 77.8. The van der Waals surface area contributed by atoms with Crippen molar-refractivity contribution in [2.75, 3.05) is 0 Å². The molecule has 21 heavy (non-hydrogen) atoms. The molecule has 1 unspecified atom stereocenters. The van der Waals surface area contributed by atoms with Crippen LogP contribution in [0.15, 0.2) is 18.2 Å². The van der Waals surface area contributed by atoms with E-state index in [0.717, 1.165) is 0 Å². The lowest BCUT2D eigenvalue weighted by Gasteiger charge is -2.23. The molecule has 2 nitrogen and oxygen atoms in total. The van der Waals surface area contributed by atoms with E-state index in [4.69, 9.17) is 5.11 Å². The van der Waals surface area contributed by atoms with Gasteiger partial charge in [-0.15, -0.1) is 0 Å². The molecule has 0 aliphatic heterocycles. The third-order valence-electron chi connectivity index (χ3n) is 3.39. The zero-order valence-electron chi connectivity index (χ0n) is 10.4. The van der Waals surface area contributed by atoms with Crippen LogP contribution in [-0.2, 0) is 17.1 Å². The van der Waals surface area contributed by atoms with Crippen molar-refractivity contribution < 1.29 is 36.2 Å². The van der Waals surface area contributed by atoms with Crippen molar-refractivity contribution in [3.8, 4) is 0 Å². The Balaban J connectivity index is 2.72. The molecule has 1 aromatic carbocycles. The molecule has 116 valence electrons. The van der Waals surface area contributed by atoms with Crippen LogP contribution in [0.1, 0.15) is 35.4 Å². The maximum absolute atomic E-state index is 13.0. The molecule has 2 rings (SSSR count). The van der Waals surface area contributed by atoms with E-state index < -0.39 is 46.8 Å². The van der Waals surface area contributed by atoms with Gasteiger partial charge < -0.3 is 5.11 Å². The number of aliphatic carboxylic acids is 1. The Morgan fingerprint density at radius 3 is 1.76 bits per heavy atom. The molecule has 1 fully saturated rings. The Kier molecular flexibility index (Phi) is 3.67. The van der Waals surface area contributed by atoms with Crippen molar-refractivity contribution in [2.45, 2.75) is 31.1 Å². The molecular formula is C13H10F6O2. The minimum atomic E-state index is -5.04. The van der Waals surface area contributed by atoms with Gasteiger partial charge in [-0.05, 0) is 36.5 Å². The van der Waals surface area contributed by atoms with Gasteiger partial charge in [0.05, 0.1) is 17.0 Å². The van der Waals surface area contributed by atoms with E-state index in [-0.39, 0.29) is 0 Å². The zero-order chi connectivity index (χ0) is 16.0. The van der Waals surface area contributed by atoms with E-state index in [1.807, 2.05) is 0 Å². The van der Waals surface area contributed by atoms with E-state index in [9.17, 15) is 31.1 Å². The summed E-state index contributed by atoms with van der Waals surface area (Å²) in [5.41, 5.74) is -4.24. The highest BCUT2D eigenvalue weighted by atomic mass is 19.4. The molecule has 0 aromatic heterocycles. The Morgan fingerprint density at radius 1 is 1.05 bits per heavy atom. The second-order valence-electron chi connectivity index (χ2n) is 4.92. The predicted molar refractivity (Wildman–Crippen MR) is 59.5 cm³/mol. The number of hydrogen-bond donors (Lipinski definition) is 1. The number of carboxylic acid groups (broad SMARTS) is 1. The number of rotatable bonds is 3. The largest absolute Gasteiger partial charge is 0.481 e. The summed E-state index contributed by atoms with van der Waals surface area (Å²) in [6.07, 6.45) is -9.47. The molecule has 0 saturated heterocycles. The van der Waals surface area contributed by atoms with Crippen LogP contribution in [0.3, 0.4) is 0 Å². The summed E-state index contributed by atoms with van der Waals surface area (Å²) in [5, 5.41) is 9.08. The van der Waals surface area contributed by atoms with Gasteiger partial charge in [-0.1, -0.05) is 6.07 Å². The fourth-order valence-electron chi connectivity index (χ4n) is 2.39. The topological polar surface area (TPSA) is 37.3 Å². The molecule has 1 atom stereocenters. The van der Waals surface area contributed by atoms with Crippen molar-refractivity contribution in [3.63, 3.8) is 0 Å². The van der Waals surface area contributed by atoms with E-state index in [1.165, 1.54) is 0 Å².